The lowest BCUT2D eigenvalue weighted by atomic mass is 9.82. The third kappa shape index (κ3) is 2.38. The number of carbonyl (C=O) groups excluding carboxylic acids is 1. The van der Waals surface area contributed by atoms with E-state index in [0.29, 0.717) is 12.0 Å². The second kappa shape index (κ2) is 4.72. The average molecular weight is 226 g/mol. The van der Waals surface area contributed by atoms with Crippen LogP contribution < -0.4 is 5.32 Å². The number of aliphatic hydroxyl groups excluding tert-OH is 1. The Labute approximate surface area is 97.0 Å². The van der Waals surface area contributed by atoms with Gasteiger partial charge in [0, 0.05) is 19.6 Å². The van der Waals surface area contributed by atoms with Crippen LogP contribution in [0.5, 0.6) is 0 Å². The Morgan fingerprint density at radius 2 is 2.19 bits per heavy atom. The Kier molecular flexibility index (Phi) is 3.50. The van der Waals surface area contributed by atoms with E-state index in [1.54, 1.807) is 0 Å². The molecular formula is C12H22N2O2. The standard InChI is InChI=1S/C12H22N2O2/c1-8-11(3-4-13-8)12(16)14(2)7-9-5-10(15)6-9/h8-11,13,15H,3-7H2,1-2H3. The van der Waals surface area contributed by atoms with Crippen LogP contribution in [0.3, 0.4) is 0 Å². The minimum absolute atomic E-state index is 0.124. The van der Waals surface area contributed by atoms with E-state index >= 15 is 0 Å². The molecule has 0 radical (unpaired) electrons. The Morgan fingerprint density at radius 3 is 2.69 bits per heavy atom. The fraction of sp³-hybridized carbons (Fsp3) is 0.917. The number of nitrogens with one attached hydrogen (secondary N) is 1. The Balaban J connectivity index is 1.80. The number of amides is 1. The maximum absolute atomic E-state index is 12.1. The summed E-state index contributed by atoms with van der Waals surface area (Å²) in [5.41, 5.74) is 0. The predicted octanol–water partition coefficient (Wildman–Crippen LogP) is 0.214. The van der Waals surface area contributed by atoms with E-state index in [2.05, 4.69) is 12.2 Å². The van der Waals surface area contributed by atoms with Crippen LogP contribution in [0.25, 0.3) is 0 Å². The maximum Gasteiger partial charge on any atom is 0.227 e. The van der Waals surface area contributed by atoms with Gasteiger partial charge in [0.1, 0.15) is 0 Å². The molecular weight excluding hydrogens is 204 g/mol. The van der Waals surface area contributed by atoms with Gasteiger partial charge in [-0.15, -0.1) is 0 Å². The molecule has 2 N–H and O–H groups in total. The van der Waals surface area contributed by atoms with Gasteiger partial charge in [0.05, 0.1) is 12.0 Å². The number of aliphatic hydroxyl groups is 1. The smallest absolute Gasteiger partial charge is 0.227 e. The van der Waals surface area contributed by atoms with Crippen LogP contribution in [0.15, 0.2) is 0 Å². The lowest BCUT2D eigenvalue weighted by molar-refractivity contribution is -0.136. The van der Waals surface area contributed by atoms with Gasteiger partial charge in [0.15, 0.2) is 0 Å². The summed E-state index contributed by atoms with van der Waals surface area (Å²) in [5.74, 6) is 0.919. The summed E-state index contributed by atoms with van der Waals surface area (Å²) in [6, 6.07) is 0.307. The molecule has 4 nitrogen and oxygen atoms in total. The summed E-state index contributed by atoms with van der Waals surface area (Å²) in [7, 11) is 1.89. The lowest BCUT2D eigenvalue weighted by Crippen LogP contribution is -2.43. The first-order valence-corrected chi connectivity index (χ1v) is 6.24. The molecule has 92 valence electrons. The zero-order chi connectivity index (χ0) is 11.7. The Morgan fingerprint density at radius 1 is 1.50 bits per heavy atom. The van der Waals surface area contributed by atoms with Crippen molar-refractivity contribution >= 4 is 5.91 Å². The first-order valence-electron chi connectivity index (χ1n) is 6.24. The van der Waals surface area contributed by atoms with Crippen LogP contribution >= 0.6 is 0 Å². The number of hydrogen-bond donors (Lipinski definition) is 2. The Hall–Kier alpha value is -0.610. The van der Waals surface area contributed by atoms with Crippen LogP contribution in [0.1, 0.15) is 26.2 Å². The molecule has 1 heterocycles. The summed E-state index contributed by atoms with van der Waals surface area (Å²) in [4.78, 5) is 14.0. The quantitative estimate of drug-likeness (QED) is 0.723. The van der Waals surface area contributed by atoms with Crippen molar-refractivity contribution in [1.29, 1.82) is 0 Å². The van der Waals surface area contributed by atoms with Crippen LogP contribution in [-0.2, 0) is 4.79 Å². The molecule has 16 heavy (non-hydrogen) atoms. The number of rotatable bonds is 3. The molecule has 0 aromatic rings. The van der Waals surface area contributed by atoms with E-state index in [9.17, 15) is 9.90 Å². The van der Waals surface area contributed by atoms with Gasteiger partial charge < -0.3 is 15.3 Å². The van der Waals surface area contributed by atoms with Gasteiger partial charge in [-0.05, 0) is 38.6 Å². The minimum Gasteiger partial charge on any atom is -0.393 e. The van der Waals surface area contributed by atoms with Crippen molar-refractivity contribution in [1.82, 2.24) is 10.2 Å². The fourth-order valence-electron chi connectivity index (χ4n) is 2.81. The predicted molar refractivity (Wildman–Crippen MR) is 61.9 cm³/mol. The van der Waals surface area contributed by atoms with Crippen LogP contribution in [0.4, 0.5) is 0 Å². The molecule has 1 amide bonds. The molecule has 2 unspecified atom stereocenters. The highest BCUT2D eigenvalue weighted by molar-refractivity contribution is 5.79. The lowest BCUT2D eigenvalue weighted by Gasteiger charge is -2.35. The molecule has 1 saturated carbocycles. The van der Waals surface area contributed by atoms with E-state index in [-0.39, 0.29) is 17.9 Å². The molecule has 2 rings (SSSR count). The highest BCUT2D eigenvalue weighted by Crippen LogP contribution is 2.28. The summed E-state index contributed by atoms with van der Waals surface area (Å²) in [6.07, 6.45) is 2.55. The second-order valence-corrected chi connectivity index (χ2v) is 5.35. The molecule has 4 heteroatoms. The van der Waals surface area contributed by atoms with E-state index in [1.165, 1.54) is 0 Å². The summed E-state index contributed by atoms with van der Waals surface area (Å²) < 4.78 is 0. The largest absolute Gasteiger partial charge is 0.393 e. The molecule has 0 spiro atoms. The van der Waals surface area contributed by atoms with E-state index in [0.717, 1.165) is 32.4 Å². The molecule has 1 saturated heterocycles. The van der Waals surface area contributed by atoms with Crippen molar-refractivity contribution in [3.05, 3.63) is 0 Å². The first-order chi connectivity index (χ1) is 7.58. The summed E-state index contributed by atoms with van der Waals surface area (Å²) >= 11 is 0. The third-order valence-electron chi connectivity index (χ3n) is 3.96. The van der Waals surface area contributed by atoms with Gasteiger partial charge in [0.25, 0.3) is 0 Å². The van der Waals surface area contributed by atoms with Gasteiger partial charge in [0.2, 0.25) is 5.91 Å². The van der Waals surface area contributed by atoms with Crippen LogP contribution in [-0.4, -0.2) is 48.2 Å². The summed E-state index contributed by atoms with van der Waals surface area (Å²) in [6.45, 7) is 3.84. The molecule has 0 bridgehead atoms. The molecule has 0 aromatic heterocycles. The highest BCUT2D eigenvalue weighted by Gasteiger charge is 2.34. The van der Waals surface area contributed by atoms with Gasteiger partial charge in [-0.1, -0.05) is 0 Å². The van der Waals surface area contributed by atoms with Crippen molar-refractivity contribution < 1.29 is 9.90 Å². The number of hydrogen-bond acceptors (Lipinski definition) is 3. The SMILES string of the molecule is CC1NCCC1C(=O)N(C)CC1CC(O)C1. The molecule has 2 aliphatic rings. The van der Waals surface area contributed by atoms with Crippen molar-refractivity contribution in [2.75, 3.05) is 20.1 Å². The third-order valence-corrected chi connectivity index (χ3v) is 3.96. The Bertz CT molecular complexity index is 264. The molecule has 2 atom stereocenters. The van der Waals surface area contributed by atoms with Gasteiger partial charge in [-0.3, -0.25) is 4.79 Å². The topological polar surface area (TPSA) is 52.6 Å². The number of carbonyl (C=O) groups is 1. The highest BCUT2D eigenvalue weighted by atomic mass is 16.3. The van der Waals surface area contributed by atoms with Crippen molar-refractivity contribution in [2.24, 2.45) is 11.8 Å². The normalized spacial score (nSPS) is 38.2. The van der Waals surface area contributed by atoms with Gasteiger partial charge in [-0.25, -0.2) is 0 Å². The summed E-state index contributed by atoms with van der Waals surface area (Å²) in [5, 5.41) is 12.5. The zero-order valence-corrected chi connectivity index (χ0v) is 10.1. The molecule has 0 aromatic carbocycles. The fourth-order valence-corrected chi connectivity index (χ4v) is 2.81. The monoisotopic (exact) mass is 226 g/mol. The van der Waals surface area contributed by atoms with E-state index in [4.69, 9.17) is 0 Å². The van der Waals surface area contributed by atoms with Gasteiger partial charge >= 0.3 is 0 Å². The zero-order valence-electron chi connectivity index (χ0n) is 10.1. The maximum atomic E-state index is 12.1. The molecule has 1 aliphatic carbocycles. The average Bonchev–Trinajstić information content (AvgIpc) is 2.61. The molecule has 1 aliphatic heterocycles. The number of nitrogens with zero attached hydrogens (tertiary/aromatic N) is 1. The van der Waals surface area contributed by atoms with Crippen molar-refractivity contribution in [3.8, 4) is 0 Å². The molecule has 2 fully saturated rings. The van der Waals surface area contributed by atoms with Crippen LogP contribution in [0, 0.1) is 11.8 Å². The minimum atomic E-state index is -0.124. The van der Waals surface area contributed by atoms with Crippen molar-refractivity contribution in [3.63, 3.8) is 0 Å². The first kappa shape index (κ1) is 11.9. The van der Waals surface area contributed by atoms with E-state index < -0.39 is 0 Å². The second-order valence-electron chi connectivity index (χ2n) is 5.35. The van der Waals surface area contributed by atoms with Crippen LogP contribution in [0.2, 0.25) is 0 Å². The van der Waals surface area contributed by atoms with Gasteiger partial charge in [-0.2, -0.15) is 0 Å². The van der Waals surface area contributed by atoms with E-state index in [1.807, 2.05) is 11.9 Å². The van der Waals surface area contributed by atoms with Crippen molar-refractivity contribution in [2.45, 2.75) is 38.3 Å².